The molecule has 1 saturated carbocycles. The molecule has 6 N–H and O–H groups in total. The van der Waals surface area contributed by atoms with E-state index in [1.54, 1.807) is 0 Å². The van der Waals surface area contributed by atoms with Crippen molar-refractivity contribution in [2.45, 2.75) is 57.0 Å². The molecule has 42 heavy (non-hydrogen) atoms. The molecule has 0 bridgehead atoms. The minimum Gasteiger partial charge on any atom is -0.370 e. The Morgan fingerprint density at radius 2 is 1.55 bits per heavy atom. The molecule has 10 heteroatoms. The number of nitrogens with zero attached hydrogens (tertiary/aromatic N) is 3. The number of rotatable bonds is 8. The Hall–Kier alpha value is -3.88. The van der Waals surface area contributed by atoms with Gasteiger partial charge in [0.2, 0.25) is 5.82 Å². The second-order valence-electron chi connectivity index (χ2n) is 10.8. The Bertz CT molecular complexity index is 1470. The van der Waals surface area contributed by atoms with Crippen molar-refractivity contribution >= 4 is 53.4 Å². The number of aryl methyl sites for hydroxylation is 1. The van der Waals surface area contributed by atoms with Crippen molar-refractivity contribution < 1.29 is 4.79 Å². The zero-order valence-corrected chi connectivity index (χ0v) is 25.5. The van der Waals surface area contributed by atoms with Crippen molar-refractivity contribution in [2.75, 3.05) is 11.9 Å². The van der Waals surface area contributed by atoms with E-state index in [-0.39, 0.29) is 54.6 Å². The zero-order valence-electron chi connectivity index (χ0n) is 23.9. The second-order valence-corrected chi connectivity index (χ2v) is 10.8. The lowest BCUT2D eigenvalue weighted by atomic mass is 9.76. The number of fused-ring (bicyclic) bond motifs is 1. The van der Waals surface area contributed by atoms with Gasteiger partial charge in [0.25, 0.3) is 5.91 Å². The first-order chi connectivity index (χ1) is 19.3. The lowest BCUT2D eigenvalue weighted by Crippen LogP contribution is -2.40. The number of amides is 1. The van der Waals surface area contributed by atoms with Crippen LogP contribution in [0.2, 0.25) is 0 Å². The number of aliphatic imine (C=N–C) groups is 1. The molecule has 8 nitrogen and oxygen atoms in total. The number of guanidine groups is 1. The fraction of sp³-hybridized carbons (Fsp3) is 0.312. The number of benzene rings is 3. The first kappa shape index (κ1) is 32.6. The number of nitrogens with two attached hydrogens (primary N) is 2. The maximum absolute atomic E-state index is 13.6. The summed E-state index contributed by atoms with van der Waals surface area (Å²) in [6.45, 7) is 4.55. The highest BCUT2D eigenvalue weighted by Gasteiger charge is 2.30. The first-order valence-corrected chi connectivity index (χ1v) is 13.9. The quantitative estimate of drug-likeness (QED) is 0.154. The van der Waals surface area contributed by atoms with Crippen LogP contribution in [0.4, 0.5) is 5.82 Å². The van der Waals surface area contributed by atoms with Gasteiger partial charge in [-0.15, -0.1) is 24.8 Å². The van der Waals surface area contributed by atoms with Crippen molar-refractivity contribution in [3.8, 4) is 0 Å². The topological polar surface area (TPSA) is 131 Å². The summed E-state index contributed by atoms with van der Waals surface area (Å²) in [5, 5.41) is 7.57. The molecule has 1 fully saturated rings. The number of nitrogens with one attached hydrogen (secondary N) is 2. The van der Waals surface area contributed by atoms with E-state index in [4.69, 9.17) is 16.5 Å². The van der Waals surface area contributed by atoms with Crippen LogP contribution in [0.5, 0.6) is 0 Å². The first-order valence-electron chi connectivity index (χ1n) is 13.9. The van der Waals surface area contributed by atoms with Crippen molar-refractivity contribution in [1.29, 1.82) is 0 Å². The van der Waals surface area contributed by atoms with E-state index in [0.717, 1.165) is 47.8 Å². The van der Waals surface area contributed by atoms with Gasteiger partial charge in [-0.05, 0) is 49.9 Å². The van der Waals surface area contributed by atoms with E-state index in [9.17, 15) is 4.79 Å². The van der Waals surface area contributed by atoms with Gasteiger partial charge in [-0.3, -0.25) is 4.79 Å². The lowest BCUT2D eigenvalue weighted by molar-refractivity contribution is 0.0937. The maximum atomic E-state index is 13.6. The molecule has 1 amide bonds. The van der Waals surface area contributed by atoms with Crippen LogP contribution in [0.1, 0.15) is 59.9 Å². The van der Waals surface area contributed by atoms with Gasteiger partial charge in [0.1, 0.15) is 5.82 Å². The van der Waals surface area contributed by atoms with E-state index in [2.05, 4.69) is 51.8 Å². The largest absolute Gasteiger partial charge is 0.370 e. The summed E-state index contributed by atoms with van der Waals surface area (Å²) in [6, 6.07) is 26.3. The fourth-order valence-corrected chi connectivity index (χ4v) is 5.57. The maximum Gasteiger partial charge on any atom is 0.289 e. The Balaban J connectivity index is 0.00000242. The third-order valence-corrected chi connectivity index (χ3v) is 7.85. The minimum absolute atomic E-state index is 0. The highest BCUT2D eigenvalue weighted by Crippen LogP contribution is 2.32. The molecule has 0 saturated heterocycles. The van der Waals surface area contributed by atoms with Crippen LogP contribution in [0.3, 0.4) is 0 Å². The summed E-state index contributed by atoms with van der Waals surface area (Å²) < 4.78 is 0. The van der Waals surface area contributed by atoms with Gasteiger partial charge in [0, 0.05) is 17.3 Å². The SMILES string of the molecule is Cc1ccc2nc(C(=O)NCC(C)(c3ccccc3)c3ccccc3)nc(N[C@H]3CCCC[C@H]3N=C(N)N)c2c1.Cl.Cl. The Morgan fingerprint density at radius 1 is 0.929 bits per heavy atom. The monoisotopic (exact) mass is 607 g/mol. The van der Waals surface area contributed by atoms with E-state index in [1.165, 1.54) is 0 Å². The van der Waals surface area contributed by atoms with E-state index in [0.29, 0.717) is 17.9 Å². The molecule has 0 unspecified atom stereocenters. The van der Waals surface area contributed by atoms with Crippen LogP contribution < -0.4 is 22.1 Å². The van der Waals surface area contributed by atoms with E-state index >= 15 is 0 Å². The molecular formula is C32H39Cl2N7O. The molecule has 0 radical (unpaired) electrons. The molecule has 5 rings (SSSR count). The average Bonchev–Trinajstić information content (AvgIpc) is 2.97. The molecule has 1 aliphatic rings. The van der Waals surface area contributed by atoms with Crippen molar-refractivity contribution in [2.24, 2.45) is 16.5 Å². The molecular weight excluding hydrogens is 569 g/mol. The molecule has 1 heterocycles. The number of halogens is 2. The Labute approximate surface area is 259 Å². The number of carbonyl (C=O) groups excluding carboxylic acids is 1. The number of anilines is 1. The number of hydrogen-bond donors (Lipinski definition) is 4. The summed E-state index contributed by atoms with van der Waals surface area (Å²) in [7, 11) is 0. The highest BCUT2D eigenvalue weighted by atomic mass is 35.5. The van der Waals surface area contributed by atoms with Crippen LogP contribution in [0.15, 0.2) is 83.9 Å². The van der Waals surface area contributed by atoms with E-state index in [1.807, 2.05) is 61.5 Å². The van der Waals surface area contributed by atoms with Gasteiger partial charge in [-0.1, -0.05) is 85.1 Å². The van der Waals surface area contributed by atoms with E-state index < -0.39 is 5.41 Å². The number of carbonyl (C=O) groups is 1. The van der Waals surface area contributed by atoms with Crippen molar-refractivity contribution in [3.05, 3.63) is 101 Å². The predicted molar refractivity (Wildman–Crippen MR) is 176 cm³/mol. The second kappa shape index (κ2) is 14.3. The number of hydrogen-bond acceptors (Lipinski definition) is 5. The lowest BCUT2D eigenvalue weighted by Gasteiger charge is -2.31. The smallest absolute Gasteiger partial charge is 0.289 e. The third kappa shape index (κ3) is 7.30. The van der Waals surface area contributed by atoms with Gasteiger partial charge < -0.3 is 22.1 Å². The molecule has 0 aliphatic heterocycles. The summed E-state index contributed by atoms with van der Waals surface area (Å²) in [6.07, 6.45) is 3.94. The van der Waals surface area contributed by atoms with Crippen LogP contribution in [-0.4, -0.2) is 40.5 Å². The molecule has 1 aliphatic carbocycles. The number of aromatic nitrogens is 2. The molecule has 222 valence electrons. The summed E-state index contributed by atoms with van der Waals surface area (Å²) in [5.74, 6) is 0.502. The predicted octanol–water partition coefficient (Wildman–Crippen LogP) is 5.51. The van der Waals surface area contributed by atoms with Crippen LogP contribution in [-0.2, 0) is 5.41 Å². The Morgan fingerprint density at radius 3 is 2.17 bits per heavy atom. The van der Waals surface area contributed by atoms with Gasteiger partial charge in [-0.25, -0.2) is 15.0 Å². The average molecular weight is 609 g/mol. The summed E-state index contributed by atoms with van der Waals surface area (Å²) in [4.78, 5) is 27.5. The van der Waals surface area contributed by atoms with Crippen molar-refractivity contribution in [1.82, 2.24) is 15.3 Å². The fourth-order valence-electron chi connectivity index (χ4n) is 5.57. The van der Waals surface area contributed by atoms with Gasteiger partial charge in [-0.2, -0.15) is 0 Å². The molecule has 1 aromatic heterocycles. The molecule has 4 aromatic rings. The molecule has 0 spiro atoms. The minimum atomic E-state index is -0.442. The highest BCUT2D eigenvalue weighted by molar-refractivity contribution is 5.96. The third-order valence-electron chi connectivity index (χ3n) is 7.85. The van der Waals surface area contributed by atoms with Crippen LogP contribution >= 0.6 is 24.8 Å². The van der Waals surface area contributed by atoms with Crippen molar-refractivity contribution in [3.63, 3.8) is 0 Å². The van der Waals surface area contributed by atoms with Crippen LogP contribution in [0.25, 0.3) is 10.9 Å². The summed E-state index contributed by atoms with van der Waals surface area (Å²) in [5.41, 5.74) is 15.0. The molecule has 2 atom stereocenters. The molecule has 3 aromatic carbocycles. The normalized spacial score (nSPS) is 16.4. The van der Waals surface area contributed by atoms with Gasteiger partial charge in [0.05, 0.1) is 17.6 Å². The van der Waals surface area contributed by atoms with Gasteiger partial charge >= 0.3 is 0 Å². The van der Waals surface area contributed by atoms with Crippen LogP contribution in [0, 0.1) is 6.92 Å². The zero-order chi connectivity index (χ0) is 28.1. The Kier molecular flexibility index (Phi) is 11.1. The van der Waals surface area contributed by atoms with Gasteiger partial charge in [0.15, 0.2) is 5.96 Å². The standard InChI is InChI=1S/C32H37N7O.2ClH/c1-21-17-18-25-24(19-21)28(37-26-15-9-10-16-27(26)38-31(33)34)39-29(36-25)30(40)35-20-32(2,22-11-5-3-6-12-22)23-13-7-4-8-14-23;;/h3-8,11-14,17-19,26-27H,9-10,15-16,20H2,1-2H3,(H,35,40)(H4,33,34,38)(H,36,37,39);2*1H/t26-,27+;;/m0../s1. The summed E-state index contributed by atoms with van der Waals surface area (Å²) >= 11 is 0.